The zero-order valence-corrected chi connectivity index (χ0v) is 10.7. The van der Waals surface area contributed by atoms with Gasteiger partial charge in [-0.05, 0) is 43.0 Å². The molecule has 1 atom stereocenters. The summed E-state index contributed by atoms with van der Waals surface area (Å²) in [4.78, 5) is 25.0. The standard InChI is InChI=1S/C14H18N2O3/c15-13(18)11-3-5-12(6-4-11)14(19)16-7-1-2-10(8-16)9-17/h3-6,10,17H,1-2,7-9H2,(H2,15,18). The van der Waals surface area contributed by atoms with E-state index < -0.39 is 5.91 Å². The monoisotopic (exact) mass is 262 g/mol. The van der Waals surface area contributed by atoms with Crippen LogP contribution < -0.4 is 5.73 Å². The van der Waals surface area contributed by atoms with Crippen molar-refractivity contribution in [2.45, 2.75) is 12.8 Å². The molecule has 1 aliphatic heterocycles. The molecule has 102 valence electrons. The molecular weight excluding hydrogens is 244 g/mol. The van der Waals surface area contributed by atoms with Crippen molar-refractivity contribution in [3.8, 4) is 0 Å². The highest BCUT2D eigenvalue weighted by molar-refractivity contribution is 5.97. The maximum absolute atomic E-state index is 12.3. The van der Waals surface area contributed by atoms with Gasteiger partial charge in [-0.1, -0.05) is 0 Å². The van der Waals surface area contributed by atoms with E-state index in [2.05, 4.69) is 0 Å². The van der Waals surface area contributed by atoms with Gasteiger partial charge in [0.15, 0.2) is 0 Å². The molecule has 0 bridgehead atoms. The number of piperidine rings is 1. The van der Waals surface area contributed by atoms with E-state index in [9.17, 15) is 9.59 Å². The lowest BCUT2D eigenvalue weighted by Crippen LogP contribution is -2.40. The lowest BCUT2D eigenvalue weighted by Gasteiger charge is -2.31. The molecular formula is C14H18N2O3. The smallest absolute Gasteiger partial charge is 0.253 e. The van der Waals surface area contributed by atoms with Crippen molar-refractivity contribution in [3.63, 3.8) is 0 Å². The van der Waals surface area contributed by atoms with Crippen molar-refractivity contribution in [1.29, 1.82) is 0 Å². The maximum atomic E-state index is 12.3. The van der Waals surface area contributed by atoms with Crippen molar-refractivity contribution >= 4 is 11.8 Å². The summed E-state index contributed by atoms with van der Waals surface area (Å²) in [5, 5.41) is 9.17. The Hall–Kier alpha value is -1.88. The SMILES string of the molecule is NC(=O)c1ccc(C(=O)N2CCCC(CO)C2)cc1. The first kappa shape index (κ1) is 13.5. The molecule has 1 aromatic carbocycles. The third kappa shape index (κ3) is 3.12. The van der Waals surface area contributed by atoms with Crippen LogP contribution in [0.2, 0.25) is 0 Å². The first-order chi connectivity index (χ1) is 9.11. The van der Waals surface area contributed by atoms with Gasteiger partial charge in [-0.25, -0.2) is 0 Å². The van der Waals surface area contributed by atoms with Crippen LogP contribution in [0, 0.1) is 5.92 Å². The van der Waals surface area contributed by atoms with Crippen molar-refractivity contribution in [2.75, 3.05) is 19.7 Å². The summed E-state index contributed by atoms with van der Waals surface area (Å²) in [6.07, 6.45) is 1.87. The minimum atomic E-state index is -0.502. The predicted octanol–water partition coefficient (Wildman–Crippen LogP) is 0.630. The molecule has 1 aromatic rings. The number of benzene rings is 1. The number of rotatable bonds is 3. The molecule has 5 heteroatoms. The molecule has 5 nitrogen and oxygen atoms in total. The fourth-order valence-electron chi connectivity index (χ4n) is 2.36. The minimum absolute atomic E-state index is 0.0610. The number of likely N-dealkylation sites (tertiary alicyclic amines) is 1. The largest absolute Gasteiger partial charge is 0.396 e. The number of carbonyl (C=O) groups excluding carboxylic acids is 2. The van der Waals surface area contributed by atoms with Gasteiger partial charge in [0.2, 0.25) is 5.91 Å². The van der Waals surface area contributed by atoms with Crippen molar-refractivity contribution in [2.24, 2.45) is 11.7 Å². The van der Waals surface area contributed by atoms with Crippen molar-refractivity contribution < 1.29 is 14.7 Å². The normalized spacial score (nSPS) is 19.2. The zero-order valence-electron chi connectivity index (χ0n) is 10.7. The summed E-state index contributed by atoms with van der Waals surface area (Å²) in [6, 6.07) is 6.35. The van der Waals surface area contributed by atoms with Gasteiger partial charge in [-0.15, -0.1) is 0 Å². The van der Waals surface area contributed by atoms with Gasteiger partial charge in [-0.3, -0.25) is 9.59 Å². The van der Waals surface area contributed by atoms with E-state index in [1.807, 2.05) is 0 Å². The van der Waals surface area contributed by atoms with Crippen LogP contribution in [0.4, 0.5) is 0 Å². The predicted molar refractivity (Wildman–Crippen MR) is 70.7 cm³/mol. The molecule has 0 aromatic heterocycles. The number of carbonyl (C=O) groups is 2. The highest BCUT2D eigenvalue weighted by Crippen LogP contribution is 2.18. The minimum Gasteiger partial charge on any atom is -0.396 e. The summed E-state index contributed by atoms with van der Waals surface area (Å²) in [5.74, 6) is -0.394. The Balaban J connectivity index is 2.08. The van der Waals surface area contributed by atoms with E-state index in [0.717, 1.165) is 12.8 Å². The van der Waals surface area contributed by atoms with Crippen LogP contribution in [0.3, 0.4) is 0 Å². The van der Waals surface area contributed by atoms with E-state index in [0.29, 0.717) is 24.2 Å². The van der Waals surface area contributed by atoms with E-state index in [1.165, 1.54) is 0 Å². The molecule has 19 heavy (non-hydrogen) atoms. The van der Waals surface area contributed by atoms with Gasteiger partial charge < -0.3 is 15.7 Å². The molecule has 3 N–H and O–H groups in total. The van der Waals surface area contributed by atoms with Crippen LogP contribution in [0.15, 0.2) is 24.3 Å². The van der Waals surface area contributed by atoms with Gasteiger partial charge in [0.05, 0.1) is 0 Å². The third-order valence-electron chi connectivity index (χ3n) is 3.48. The van der Waals surface area contributed by atoms with Gasteiger partial charge in [0.25, 0.3) is 5.91 Å². The molecule has 1 aliphatic rings. The van der Waals surface area contributed by atoms with Gasteiger partial charge in [-0.2, -0.15) is 0 Å². The Bertz CT molecular complexity index is 470. The van der Waals surface area contributed by atoms with Crippen LogP contribution in [0.1, 0.15) is 33.6 Å². The van der Waals surface area contributed by atoms with E-state index in [4.69, 9.17) is 10.8 Å². The number of nitrogens with zero attached hydrogens (tertiary/aromatic N) is 1. The number of primary amides is 1. The second-order valence-electron chi connectivity index (χ2n) is 4.88. The molecule has 1 fully saturated rings. The molecule has 0 saturated carbocycles. The summed E-state index contributed by atoms with van der Waals surface area (Å²) < 4.78 is 0. The number of aliphatic hydroxyl groups excluding tert-OH is 1. The van der Waals surface area contributed by atoms with Crippen LogP contribution in [0.25, 0.3) is 0 Å². The number of amides is 2. The Labute approximate surface area is 112 Å². The molecule has 0 aliphatic carbocycles. The fraction of sp³-hybridized carbons (Fsp3) is 0.429. The van der Waals surface area contributed by atoms with Gasteiger partial charge in [0.1, 0.15) is 0 Å². The number of aliphatic hydroxyl groups is 1. The average molecular weight is 262 g/mol. The number of hydrogen-bond donors (Lipinski definition) is 2. The highest BCUT2D eigenvalue weighted by Gasteiger charge is 2.23. The maximum Gasteiger partial charge on any atom is 0.253 e. The lowest BCUT2D eigenvalue weighted by atomic mass is 9.98. The highest BCUT2D eigenvalue weighted by atomic mass is 16.3. The van der Waals surface area contributed by atoms with Gasteiger partial charge >= 0.3 is 0 Å². The van der Waals surface area contributed by atoms with Crippen LogP contribution in [-0.4, -0.2) is 41.5 Å². The Morgan fingerprint density at radius 2 is 1.89 bits per heavy atom. The van der Waals surface area contributed by atoms with Gasteiger partial charge in [0, 0.05) is 30.8 Å². The first-order valence-corrected chi connectivity index (χ1v) is 6.42. The summed E-state index contributed by atoms with van der Waals surface area (Å²) in [6.45, 7) is 1.42. The van der Waals surface area contributed by atoms with Crippen LogP contribution in [0.5, 0.6) is 0 Å². The molecule has 2 amide bonds. The Kier molecular flexibility index (Phi) is 4.16. The van der Waals surface area contributed by atoms with Crippen LogP contribution in [-0.2, 0) is 0 Å². The molecule has 0 spiro atoms. The number of hydrogen-bond acceptors (Lipinski definition) is 3. The quantitative estimate of drug-likeness (QED) is 0.838. The molecule has 1 saturated heterocycles. The molecule has 0 radical (unpaired) electrons. The van der Waals surface area contributed by atoms with Crippen LogP contribution >= 0.6 is 0 Å². The average Bonchev–Trinajstić information content (AvgIpc) is 2.46. The second-order valence-corrected chi connectivity index (χ2v) is 4.88. The second kappa shape index (κ2) is 5.84. The summed E-state index contributed by atoms with van der Waals surface area (Å²) >= 11 is 0. The Morgan fingerprint density at radius 1 is 1.26 bits per heavy atom. The van der Waals surface area contributed by atoms with E-state index in [-0.39, 0.29) is 18.4 Å². The first-order valence-electron chi connectivity index (χ1n) is 6.42. The zero-order chi connectivity index (χ0) is 13.8. The summed E-state index contributed by atoms with van der Waals surface area (Å²) in [5.41, 5.74) is 6.09. The van der Waals surface area contributed by atoms with E-state index >= 15 is 0 Å². The lowest BCUT2D eigenvalue weighted by molar-refractivity contribution is 0.0620. The molecule has 2 rings (SSSR count). The Morgan fingerprint density at radius 3 is 2.47 bits per heavy atom. The number of nitrogens with two attached hydrogens (primary N) is 1. The third-order valence-corrected chi connectivity index (χ3v) is 3.48. The molecule has 1 heterocycles. The topological polar surface area (TPSA) is 83.6 Å². The van der Waals surface area contributed by atoms with Crippen molar-refractivity contribution in [1.82, 2.24) is 4.90 Å². The summed E-state index contributed by atoms with van der Waals surface area (Å²) in [7, 11) is 0. The van der Waals surface area contributed by atoms with E-state index in [1.54, 1.807) is 29.2 Å². The van der Waals surface area contributed by atoms with Crippen molar-refractivity contribution in [3.05, 3.63) is 35.4 Å². The fourth-order valence-corrected chi connectivity index (χ4v) is 2.36. The molecule has 1 unspecified atom stereocenters.